The first-order valence-corrected chi connectivity index (χ1v) is 18.6. The maximum atomic E-state index is 12.3. The fraction of sp³-hybridized carbons (Fsp3) is 0.432. The monoisotopic (exact) mass is 705 g/mol. The number of amides is 3. The van der Waals surface area contributed by atoms with Crippen LogP contribution in [0.1, 0.15) is 39.5 Å². The minimum absolute atomic E-state index is 0.0243. The van der Waals surface area contributed by atoms with Gasteiger partial charge in [-0.25, -0.2) is 4.79 Å². The highest BCUT2D eigenvalue weighted by Gasteiger charge is 2.34. The third-order valence-corrected chi connectivity index (χ3v) is 11.2. The topological polar surface area (TPSA) is 112 Å². The number of thioether (sulfide) groups is 2. The summed E-state index contributed by atoms with van der Waals surface area (Å²) in [6, 6.07) is 23.6. The van der Waals surface area contributed by atoms with Crippen LogP contribution in [0, 0.1) is 0 Å². The molecule has 1 atom stereocenters. The van der Waals surface area contributed by atoms with Gasteiger partial charge in [0.2, 0.25) is 11.8 Å². The number of likely N-dealkylation sites (tertiary alicyclic amines) is 1. The number of hydrogen-bond donors (Lipinski definition) is 3. The third kappa shape index (κ3) is 11.7. The summed E-state index contributed by atoms with van der Waals surface area (Å²) in [5, 5.41) is 10.2. The second-order valence-corrected chi connectivity index (χ2v) is 15.2. The summed E-state index contributed by atoms with van der Waals surface area (Å²) in [4.78, 5) is 41.0. The first kappa shape index (κ1) is 36.6. The van der Waals surface area contributed by atoms with E-state index in [4.69, 9.17) is 9.47 Å². The molecule has 3 fully saturated rings. The maximum Gasteiger partial charge on any atom is 0.414 e. The Bertz CT molecular complexity index is 1510. The highest BCUT2D eigenvalue weighted by molar-refractivity contribution is 8.00. The number of cyclic esters (lactones) is 1. The van der Waals surface area contributed by atoms with Crippen LogP contribution in [0.25, 0.3) is 0 Å². The molecule has 262 valence electrons. The Morgan fingerprint density at radius 2 is 1.31 bits per heavy atom. The number of nitrogens with zero attached hydrogens (tertiary/aromatic N) is 2. The summed E-state index contributed by atoms with van der Waals surface area (Å²) >= 11 is 3.83. The molecule has 10 nitrogen and oxygen atoms in total. The summed E-state index contributed by atoms with van der Waals surface area (Å²) in [5.74, 6) is 0.684. The normalized spacial score (nSPS) is 18.6. The quantitative estimate of drug-likeness (QED) is 0.212. The number of nitrogens with one attached hydrogen (secondary N) is 3. The predicted molar refractivity (Wildman–Crippen MR) is 199 cm³/mol. The number of carbonyl (C=O) groups excluding carboxylic acids is 3. The number of carbonyl (C=O) groups is 3. The molecule has 0 unspecified atom stereocenters. The molecule has 0 radical (unpaired) electrons. The van der Waals surface area contributed by atoms with E-state index in [0.717, 1.165) is 73.6 Å². The van der Waals surface area contributed by atoms with Crippen LogP contribution in [-0.2, 0) is 14.3 Å². The van der Waals surface area contributed by atoms with Crippen LogP contribution in [0.2, 0.25) is 0 Å². The summed E-state index contributed by atoms with van der Waals surface area (Å²) in [7, 11) is 1.63. The maximum absolute atomic E-state index is 12.3. The molecule has 0 saturated carbocycles. The number of benzene rings is 3. The zero-order chi connectivity index (χ0) is 34.6. The Morgan fingerprint density at radius 1 is 0.796 bits per heavy atom. The Balaban J connectivity index is 0.000000232. The zero-order valence-electron chi connectivity index (χ0n) is 28.5. The number of anilines is 3. The number of hydrogen-bond acceptors (Lipinski definition) is 9. The zero-order valence-corrected chi connectivity index (χ0v) is 30.1. The van der Waals surface area contributed by atoms with Gasteiger partial charge in [-0.1, -0.05) is 0 Å². The van der Waals surface area contributed by atoms with Gasteiger partial charge in [0.05, 0.1) is 13.7 Å². The van der Waals surface area contributed by atoms with Crippen LogP contribution in [0.3, 0.4) is 0 Å². The Kier molecular flexibility index (Phi) is 13.7. The molecule has 49 heavy (non-hydrogen) atoms. The van der Waals surface area contributed by atoms with Gasteiger partial charge in [-0.2, -0.15) is 0 Å². The van der Waals surface area contributed by atoms with Gasteiger partial charge in [0.1, 0.15) is 11.9 Å². The van der Waals surface area contributed by atoms with Gasteiger partial charge in [-0.15, -0.1) is 23.5 Å². The number of methoxy groups -OCH3 is 1. The first-order chi connectivity index (χ1) is 23.7. The lowest BCUT2D eigenvalue weighted by molar-refractivity contribution is -0.115. The van der Waals surface area contributed by atoms with Crippen LogP contribution in [0.15, 0.2) is 82.6 Å². The van der Waals surface area contributed by atoms with Crippen molar-refractivity contribution in [2.45, 2.75) is 65.9 Å². The summed E-state index contributed by atoms with van der Waals surface area (Å²) in [6.45, 7) is 8.62. The van der Waals surface area contributed by atoms with Gasteiger partial charge in [0.15, 0.2) is 0 Å². The van der Waals surface area contributed by atoms with Gasteiger partial charge in [0.25, 0.3) is 0 Å². The minimum atomic E-state index is -0.284. The van der Waals surface area contributed by atoms with Gasteiger partial charge in [-0.3, -0.25) is 19.4 Å². The molecule has 12 heteroatoms. The van der Waals surface area contributed by atoms with Crippen LogP contribution >= 0.6 is 23.5 Å². The summed E-state index contributed by atoms with van der Waals surface area (Å²) in [6.07, 6.45) is 4.27. The van der Waals surface area contributed by atoms with E-state index in [-0.39, 0.29) is 24.0 Å². The molecule has 0 spiro atoms. The highest BCUT2D eigenvalue weighted by atomic mass is 32.2. The van der Waals surface area contributed by atoms with Crippen molar-refractivity contribution in [2.24, 2.45) is 0 Å². The van der Waals surface area contributed by atoms with Crippen molar-refractivity contribution in [3.8, 4) is 5.75 Å². The molecule has 0 bridgehead atoms. The van der Waals surface area contributed by atoms with Gasteiger partial charge in [0, 0.05) is 57.7 Å². The highest BCUT2D eigenvalue weighted by Crippen LogP contribution is 2.32. The van der Waals surface area contributed by atoms with E-state index in [1.54, 1.807) is 12.0 Å². The summed E-state index contributed by atoms with van der Waals surface area (Å²) in [5.41, 5.74) is 2.52. The lowest BCUT2D eigenvalue weighted by Gasteiger charge is -2.32. The van der Waals surface area contributed by atoms with Crippen LogP contribution in [0.4, 0.5) is 21.9 Å². The standard InChI is InChI=1S/C24H29N3O4S.C13H18N2OS/c1-17(28)25-18-3-9-22(10-4-18)32-23-11-13-26(14-12-23)15-21-16-27(24(29)31-21)19-5-7-20(30-2)8-6-19;1-10(16)15-11-2-4-12(5-3-11)17-13-6-8-14-9-7-13/h3-10,21,23H,11-16H2,1-2H3,(H,25,28);2-5,13-14H,6-9H2,1H3,(H,15,16)/t21-;/m0./s1. The van der Waals surface area contributed by atoms with Crippen molar-refractivity contribution in [1.82, 2.24) is 10.2 Å². The third-order valence-electron chi connectivity index (χ3n) is 8.50. The van der Waals surface area contributed by atoms with Gasteiger partial charge < -0.3 is 25.4 Å². The molecule has 3 N–H and O–H groups in total. The van der Waals surface area contributed by atoms with E-state index >= 15 is 0 Å². The molecule has 0 aliphatic carbocycles. The van der Waals surface area contributed by atoms with E-state index in [9.17, 15) is 14.4 Å². The van der Waals surface area contributed by atoms with Crippen LogP contribution in [-0.4, -0.2) is 85.8 Å². The van der Waals surface area contributed by atoms with E-state index < -0.39 is 0 Å². The largest absolute Gasteiger partial charge is 0.497 e. The molecular formula is C37H47N5O5S2. The molecule has 3 aliphatic heterocycles. The molecule has 3 aliphatic rings. The number of rotatable bonds is 10. The van der Waals surface area contributed by atoms with Crippen molar-refractivity contribution in [2.75, 3.05) is 61.9 Å². The van der Waals surface area contributed by atoms with Gasteiger partial charge >= 0.3 is 6.09 Å². The summed E-state index contributed by atoms with van der Waals surface area (Å²) < 4.78 is 10.8. The lowest BCUT2D eigenvalue weighted by atomic mass is 10.1. The lowest BCUT2D eigenvalue weighted by Crippen LogP contribution is -2.40. The van der Waals surface area contributed by atoms with Crippen LogP contribution in [0.5, 0.6) is 5.75 Å². The minimum Gasteiger partial charge on any atom is -0.497 e. The van der Waals surface area contributed by atoms with E-state index in [2.05, 4.69) is 45.1 Å². The van der Waals surface area contributed by atoms with Crippen molar-refractivity contribution in [3.05, 3.63) is 72.8 Å². The Labute approximate surface area is 298 Å². The van der Waals surface area contributed by atoms with Crippen molar-refractivity contribution >= 4 is 58.5 Å². The van der Waals surface area contributed by atoms with Crippen LogP contribution < -0.4 is 25.6 Å². The average Bonchev–Trinajstić information content (AvgIpc) is 3.47. The van der Waals surface area contributed by atoms with Crippen molar-refractivity contribution in [3.63, 3.8) is 0 Å². The van der Waals surface area contributed by atoms with E-state index in [1.165, 1.54) is 36.5 Å². The van der Waals surface area contributed by atoms with E-state index in [1.807, 2.05) is 72.1 Å². The fourth-order valence-electron chi connectivity index (χ4n) is 6.03. The van der Waals surface area contributed by atoms with E-state index in [0.29, 0.717) is 11.8 Å². The predicted octanol–water partition coefficient (Wildman–Crippen LogP) is 6.72. The Morgan fingerprint density at radius 3 is 1.80 bits per heavy atom. The average molecular weight is 706 g/mol. The second-order valence-electron chi connectivity index (χ2n) is 12.4. The molecule has 3 aromatic rings. The molecule has 3 heterocycles. The number of ether oxygens (including phenoxy) is 2. The molecule has 6 rings (SSSR count). The Hall–Kier alpha value is -3.71. The molecule has 0 aromatic heterocycles. The molecule has 3 amide bonds. The SMILES string of the molecule is CC(=O)Nc1ccc(SC2CCNCC2)cc1.COc1ccc(N2C[C@H](CN3CCC(Sc4ccc(NC(C)=O)cc4)CC3)OC2=O)cc1. The van der Waals surface area contributed by atoms with Crippen molar-refractivity contribution in [1.29, 1.82) is 0 Å². The molecule has 3 aromatic carbocycles. The number of piperidine rings is 2. The first-order valence-electron chi connectivity index (χ1n) is 16.9. The van der Waals surface area contributed by atoms with Gasteiger partial charge in [-0.05, 0) is 125 Å². The van der Waals surface area contributed by atoms with Crippen molar-refractivity contribution < 1.29 is 23.9 Å². The smallest absolute Gasteiger partial charge is 0.414 e. The molecular weight excluding hydrogens is 659 g/mol. The second kappa shape index (κ2) is 18.3. The fourth-order valence-corrected chi connectivity index (χ4v) is 8.30. The molecule has 3 saturated heterocycles.